The second kappa shape index (κ2) is 6.03. The summed E-state index contributed by atoms with van der Waals surface area (Å²) < 4.78 is 0. The molecule has 2 aromatic rings. The Morgan fingerprint density at radius 3 is 2.25 bits per heavy atom. The number of nitrogens with zero attached hydrogens (tertiary/aromatic N) is 2. The van der Waals surface area contributed by atoms with Crippen molar-refractivity contribution in [1.82, 2.24) is 0 Å². The van der Waals surface area contributed by atoms with Crippen molar-refractivity contribution in [3.05, 3.63) is 65.7 Å². The van der Waals surface area contributed by atoms with Gasteiger partial charge in [0.1, 0.15) is 0 Å². The standard InChI is InChI=1S/C17H16N2O/c1-13-8-10-14(11-9-13)17(20)16(12-18)19(2)15-6-4-3-5-7-15/h3-11,16H,1-2H3. The third-order valence-corrected chi connectivity index (χ3v) is 3.26. The number of carbonyl (C=O) groups is 1. The largest absolute Gasteiger partial charge is 0.353 e. The van der Waals surface area contributed by atoms with Gasteiger partial charge in [-0.2, -0.15) is 5.26 Å². The lowest BCUT2D eigenvalue weighted by Crippen LogP contribution is -2.37. The second-order valence-electron chi connectivity index (χ2n) is 4.71. The van der Waals surface area contributed by atoms with Crippen LogP contribution in [-0.2, 0) is 0 Å². The van der Waals surface area contributed by atoms with Crippen molar-refractivity contribution in [2.75, 3.05) is 11.9 Å². The lowest BCUT2D eigenvalue weighted by Gasteiger charge is -2.23. The van der Waals surface area contributed by atoms with Gasteiger partial charge in [-0.1, -0.05) is 48.0 Å². The molecule has 0 radical (unpaired) electrons. The van der Waals surface area contributed by atoms with Gasteiger partial charge in [0.25, 0.3) is 0 Å². The molecule has 0 bridgehead atoms. The lowest BCUT2D eigenvalue weighted by atomic mass is 10.0. The first-order chi connectivity index (χ1) is 9.63. The molecule has 0 N–H and O–H groups in total. The van der Waals surface area contributed by atoms with Gasteiger partial charge in [-0.05, 0) is 19.1 Å². The van der Waals surface area contributed by atoms with Gasteiger partial charge in [-0.3, -0.25) is 4.79 Å². The van der Waals surface area contributed by atoms with Crippen molar-refractivity contribution in [2.45, 2.75) is 13.0 Å². The molecule has 0 heterocycles. The van der Waals surface area contributed by atoms with E-state index in [4.69, 9.17) is 0 Å². The van der Waals surface area contributed by atoms with Crippen molar-refractivity contribution < 1.29 is 4.79 Å². The summed E-state index contributed by atoms with van der Waals surface area (Å²) in [7, 11) is 1.76. The van der Waals surface area contributed by atoms with E-state index in [9.17, 15) is 10.1 Å². The first-order valence-electron chi connectivity index (χ1n) is 6.42. The topological polar surface area (TPSA) is 44.1 Å². The molecular formula is C17H16N2O. The van der Waals surface area contributed by atoms with E-state index < -0.39 is 6.04 Å². The van der Waals surface area contributed by atoms with Gasteiger partial charge in [0.2, 0.25) is 0 Å². The summed E-state index contributed by atoms with van der Waals surface area (Å²) in [6, 6.07) is 18.0. The minimum atomic E-state index is -0.819. The molecule has 0 aromatic heterocycles. The number of rotatable bonds is 4. The number of anilines is 1. The number of ketones is 1. The molecule has 1 unspecified atom stereocenters. The SMILES string of the molecule is Cc1ccc(C(=O)C(C#N)N(C)c2ccccc2)cc1. The summed E-state index contributed by atoms with van der Waals surface area (Å²) in [6.07, 6.45) is 0. The van der Waals surface area contributed by atoms with E-state index in [1.807, 2.05) is 49.4 Å². The molecule has 0 aliphatic carbocycles. The zero-order valence-corrected chi connectivity index (χ0v) is 11.6. The minimum absolute atomic E-state index is 0.182. The van der Waals surface area contributed by atoms with Crippen LogP contribution in [0.3, 0.4) is 0 Å². The normalized spacial score (nSPS) is 11.4. The maximum absolute atomic E-state index is 12.4. The molecule has 2 rings (SSSR count). The van der Waals surface area contributed by atoms with E-state index >= 15 is 0 Å². The molecule has 3 heteroatoms. The van der Waals surface area contributed by atoms with Crippen LogP contribution >= 0.6 is 0 Å². The van der Waals surface area contributed by atoms with Crippen LogP contribution in [0.5, 0.6) is 0 Å². The van der Waals surface area contributed by atoms with Gasteiger partial charge < -0.3 is 4.90 Å². The maximum Gasteiger partial charge on any atom is 0.199 e. The van der Waals surface area contributed by atoms with Crippen LogP contribution < -0.4 is 4.90 Å². The summed E-state index contributed by atoms with van der Waals surface area (Å²) >= 11 is 0. The molecule has 100 valence electrons. The molecule has 3 nitrogen and oxygen atoms in total. The quantitative estimate of drug-likeness (QED) is 0.796. The highest BCUT2D eigenvalue weighted by Crippen LogP contribution is 2.17. The van der Waals surface area contributed by atoms with Crippen molar-refractivity contribution >= 4 is 11.5 Å². The van der Waals surface area contributed by atoms with Crippen molar-refractivity contribution in [2.24, 2.45) is 0 Å². The molecule has 20 heavy (non-hydrogen) atoms. The Morgan fingerprint density at radius 1 is 1.10 bits per heavy atom. The molecule has 0 aliphatic heterocycles. The van der Waals surface area contributed by atoms with Crippen molar-refractivity contribution in [3.8, 4) is 6.07 Å². The zero-order valence-electron chi connectivity index (χ0n) is 11.6. The molecular weight excluding hydrogens is 248 g/mol. The van der Waals surface area contributed by atoms with Gasteiger partial charge in [0.15, 0.2) is 11.8 Å². The third kappa shape index (κ3) is 2.86. The minimum Gasteiger partial charge on any atom is -0.353 e. The highest BCUT2D eigenvalue weighted by Gasteiger charge is 2.24. The van der Waals surface area contributed by atoms with Gasteiger partial charge in [0.05, 0.1) is 6.07 Å². The van der Waals surface area contributed by atoms with Crippen LogP contribution in [0.15, 0.2) is 54.6 Å². The first kappa shape index (κ1) is 13.8. The Balaban J connectivity index is 2.26. The Hall–Kier alpha value is -2.60. The highest BCUT2D eigenvalue weighted by molar-refractivity contribution is 6.03. The number of hydrogen-bond acceptors (Lipinski definition) is 3. The number of likely N-dealkylation sites (N-methyl/N-ethyl adjacent to an activating group) is 1. The number of carbonyl (C=O) groups excluding carboxylic acids is 1. The van der Waals surface area contributed by atoms with Crippen LogP contribution in [0.25, 0.3) is 0 Å². The van der Waals surface area contributed by atoms with E-state index in [1.54, 1.807) is 24.1 Å². The summed E-state index contributed by atoms with van der Waals surface area (Å²) in [6.45, 7) is 1.96. The number of benzene rings is 2. The molecule has 0 aliphatic rings. The predicted molar refractivity (Wildman–Crippen MR) is 79.8 cm³/mol. The summed E-state index contributed by atoms with van der Waals surface area (Å²) in [5.74, 6) is -0.182. The van der Waals surface area contributed by atoms with Crippen LogP contribution in [-0.4, -0.2) is 18.9 Å². The van der Waals surface area contributed by atoms with Crippen LogP contribution in [0.2, 0.25) is 0 Å². The number of nitriles is 1. The Morgan fingerprint density at radius 2 is 1.70 bits per heavy atom. The van der Waals surface area contributed by atoms with Crippen LogP contribution in [0.1, 0.15) is 15.9 Å². The van der Waals surface area contributed by atoms with Crippen LogP contribution in [0.4, 0.5) is 5.69 Å². The van der Waals surface area contributed by atoms with Crippen molar-refractivity contribution in [1.29, 1.82) is 5.26 Å². The van der Waals surface area contributed by atoms with Crippen molar-refractivity contribution in [3.63, 3.8) is 0 Å². The molecule has 0 amide bonds. The average Bonchev–Trinajstić information content (AvgIpc) is 2.49. The third-order valence-electron chi connectivity index (χ3n) is 3.26. The first-order valence-corrected chi connectivity index (χ1v) is 6.42. The molecule has 0 saturated carbocycles. The number of aryl methyl sites for hydroxylation is 1. The van der Waals surface area contributed by atoms with E-state index in [0.717, 1.165) is 11.3 Å². The smallest absolute Gasteiger partial charge is 0.199 e. The Kier molecular flexibility index (Phi) is 4.17. The molecule has 0 fully saturated rings. The molecule has 2 aromatic carbocycles. The number of Topliss-reactive ketones (excluding diaryl/α,β-unsaturated/α-hetero) is 1. The van der Waals surface area contributed by atoms with Crippen LogP contribution in [0, 0.1) is 18.3 Å². The Bertz CT molecular complexity index is 626. The second-order valence-corrected chi connectivity index (χ2v) is 4.71. The number of hydrogen-bond donors (Lipinski definition) is 0. The highest BCUT2D eigenvalue weighted by atomic mass is 16.1. The van der Waals surface area contributed by atoms with Gasteiger partial charge in [-0.15, -0.1) is 0 Å². The fraction of sp³-hybridized carbons (Fsp3) is 0.176. The summed E-state index contributed by atoms with van der Waals surface area (Å²) in [4.78, 5) is 14.1. The van der Waals surface area contributed by atoms with E-state index in [2.05, 4.69) is 6.07 Å². The van der Waals surface area contributed by atoms with E-state index in [0.29, 0.717) is 5.56 Å². The van der Waals surface area contributed by atoms with E-state index in [1.165, 1.54) is 0 Å². The fourth-order valence-electron chi connectivity index (χ4n) is 2.01. The lowest BCUT2D eigenvalue weighted by molar-refractivity contribution is 0.0979. The molecule has 0 spiro atoms. The van der Waals surface area contributed by atoms with E-state index in [-0.39, 0.29) is 5.78 Å². The van der Waals surface area contributed by atoms with Gasteiger partial charge in [0, 0.05) is 18.3 Å². The maximum atomic E-state index is 12.4. The van der Waals surface area contributed by atoms with Gasteiger partial charge >= 0.3 is 0 Å². The fourth-order valence-corrected chi connectivity index (χ4v) is 2.01. The Labute approximate surface area is 119 Å². The predicted octanol–water partition coefficient (Wildman–Crippen LogP) is 3.21. The molecule has 0 saturated heterocycles. The summed E-state index contributed by atoms with van der Waals surface area (Å²) in [5.41, 5.74) is 2.50. The average molecular weight is 264 g/mol. The number of para-hydroxylation sites is 1. The monoisotopic (exact) mass is 264 g/mol. The van der Waals surface area contributed by atoms with Gasteiger partial charge in [-0.25, -0.2) is 0 Å². The summed E-state index contributed by atoms with van der Waals surface area (Å²) in [5, 5.41) is 9.33. The molecule has 1 atom stereocenters. The zero-order chi connectivity index (χ0) is 14.5.